The molecule has 50 heavy (non-hydrogen) atoms. The number of aliphatic hydroxyl groups is 3. The van der Waals surface area contributed by atoms with Gasteiger partial charge in [-0.05, 0) is 23.1 Å². The lowest BCUT2D eigenvalue weighted by molar-refractivity contribution is -0.310. The molecule has 1 aromatic heterocycles. The number of carboxylic acids is 1. The van der Waals surface area contributed by atoms with Crippen LogP contribution >= 0.6 is 0 Å². The Labute approximate surface area is 288 Å². The predicted molar refractivity (Wildman–Crippen MR) is 180 cm³/mol. The highest BCUT2D eigenvalue weighted by atomic mass is 16.7. The van der Waals surface area contributed by atoms with Gasteiger partial charge in [-0.1, -0.05) is 90.1 Å². The van der Waals surface area contributed by atoms with Crippen molar-refractivity contribution in [2.45, 2.75) is 69.0 Å². The summed E-state index contributed by atoms with van der Waals surface area (Å²) >= 11 is 0. The molecule has 4 aromatic rings. The highest BCUT2D eigenvalue weighted by Gasteiger charge is 2.55. The number of aliphatic carboxylic acids is 1. The molecule has 1 aliphatic heterocycles. The summed E-state index contributed by atoms with van der Waals surface area (Å²) in [5, 5.41) is 56.4. The molecular weight excluding hydrogens is 646 g/mol. The van der Waals surface area contributed by atoms with Crippen LogP contribution in [0.1, 0.15) is 25.3 Å². The number of amides is 2. The number of benzene rings is 3. The molecule has 14 heteroatoms. The van der Waals surface area contributed by atoms with E-state index < -0.39 is 67.0 Å². The molecule has 6 N–H and O–H groups in total. The minimum absolute atomic E-state index is 0.0323. The molecule has 0 radical (unpaired) electrons. The highest BCUT2D eigenvalue weighted by Crippen LogP contribution is 2.34. The predicted octanol–water partition coefficient (Wildman–Crippen LogP) is 1.53. The fourth-order valence-electron chi connectivity index (χ4n) is 5.82. The largest absolute Gasteiger partial charge is 0.477 e. The number of rotatable bonds is 15. The molecule has 3 aromatic carbocycles. The standard InChI is InChI=1S/C36H41N5O9/c1-23(42)38-32-29(43)20-36(35(47)48,50-34(32)33(46)30(44)21-37-31(45)19-24-9-4-2-5-10-24)49-18-8-17-41-22-28(39-40-41)27-15-13-26(14-16-27)25-11-6-3-7-12-25/h2-7,9-16,22,29-30,32-34,43-44,46H,8,17-21H2,1H3,(H,37,45)(H,38,42)(H,47,48)/t29-,30+,32+,33+,34+,36+/m0/s1. The van der Waals surface area contributed by atoms with Crippen molar-refractivity contribution in [3.05, 3.63) is 96.7 Å². The maximum atomic E-state index is 12.5. The van der Waals surface area contributed by atoms with Crippen LogP contribution in [0.15, 0.2) is 91.1 Å². The average Bonchev–Trinajstić information content (AvgIpc) is 3.59. The monoisotopic (exact) mass is 687 g/mol. The van der Waals surface area contributed by atoms with Crippen LogP contribution in [-0.4, -0.2) is 103 Å². The summed E-state index contributed by atoms with van der Waals surface area (Å²) in [6.07, 6.45) is -5.14. The first-order valence-electron chi connectivity index (χ1n) is 16.3. The maximum absolute atomic E-state index is 12.5. The van der Waals surface area contributed by atoms with Gasteiger partial charge < -0.3 is 40.5 Å². The molecule has 1 saturated heterocycles. The fourth-order valence-corrected chi connectivity index (χ4v) is 5.82. The van der Waals surface area contributed by atoms with Crippen molar-refractivity contribution in [1.29, 1.82) is 0 Å². The second-order valence-electron chi connectivity index (χ2n) is 12.2. The van der Waals surface area contributed by atoms with E-state index in [4.69, 9.17) is 9.47 Å². The van der Waals surface area contributed by atoms with Crippen LogP contribution in [-0.2, 0) is 36.8 Å². The Morgan fingerprint density at radius 2 is 1.62 bits per heavy atom. The number of nitrogens with zero attached hydrogens (tertiary/aromatic N) is 3. The zero-order valence-electron chi connectivity index (χ0n) is 27.5. The Morgan fingerprint density at radius 3 is 2.28 bits per heavy atom. The molecule has 1 fully saturated rings. The van der Waals surface area contributed by atoms with E-state index in [2.05, 4.69) is 20.9 Å². The molecule has 264 valence electrons. The summed E-state index contributed by atoms with van der Waals surface area (Å²) in [7, 11) is 0. The summed E-state index contributed by atoms with van der Waals surface area (Å²) in [6, 6.07) is 25.5. The number of aryl methyl sites for hydroxylation is 1. The third kappa shape index (κ3) is 9.16. The second-order valence-corrected chi connectivity index (χ2v) is 12.2. The van der Waals surface area contributed by atoms with E-state index in [0.717, 1.165) is 22.3 Å². The number of hydrogen-bond acceptors (Lipinski definition) is 10. The highest BCUT2D eigenvalue weighted by molar-refractivity contribution is 5.78. The summed E-state index contributed by atoms with van der Waals surface area (Å²) in [5.74, 6) is -4.98. The number of aromatic nitrogens is 3. The Kier molecular flexibility index (Phi) is 12.1. The summed E-state index contributed by atoms with van der Waals surface area (Å²) < 4.78 is 13.1. The lowest BCUT2D eigenvalue weighted by Gasteiger charge is -2.46. The summed E-state index contributed by atoms with van der Waals surface area (Å²) in [5.41, 5.74) is 4.44. The van der Waals surface area contributed by atoms with Crippen LogP contribution in [0, 0.1) is 0 Å². The van der Waals surface area contributed by atoms with E-state index >= 15 is 0 Å². The van der Waals surface area contributed by atoms with Crippen LogP contribution in [0.3, 0.4) is 0 Å². The van der Waals surface area contributed by atoms with Gasteiger partial charge in [0, 0.05) is 32.0 Å². The molecule has 14 nitrogen and oxygen atoms in total. The van der Waals surface area contributed by atoms with E-state index in [0.29, 0.717) is 12.2 Å². The van der Waals surface area contributed by atoms with Crippen molar-refractivity contribution >= 4 is 17.8 Å². The Morgan fingerprint density at radius 1 is 0.980 bits per heavy atom. The van der Waals surface area contributed by atoms with Gasteiger partial charge in [0.15, 0.2) is 0 Å². The lowest BCUT2D eigenvalue weighted by Crippen LogP contribution is -2.68. The normalized spacial score (nSPS) is 21.6. The summed E-state index contributed by atoms with van der Waals surface area (Å²) in [6.45, 7) is 0.940. The first kappa shape index (κ1) is 36.3. The summed E-state index contributed by atoms with van der Waals surface area (Å²) in [4.78, 5) is 36.9. The van der Waals surface area contributed by atoms with Gasteiger partial charge in [0.2, 0.25) is 11.8 Å². The van der Waals surface area contributed by atoms with E-state index in [-0.39, 0.29) is 19.4 Å². The number of nitrogens with one attached hydrogen (secondary N) is 2. The number of carbonyl (C=O) groups is 3. The van der Waals surface area contributed by atoms with Gasteiger partial charge >= 0.3 is 5.97 Å². The molecule has 5 rings (SSSR count). The van der Waals surface area contributed by atoms with Crippen LogP contribution in [0.25, 0.3) is 22.4 Å². The molecule has 1 aliphatic rings. The van der Waals surface area contributed by atoms with Crippen LogP contribution < -0.4 is 10.6 Å². The van der Waals surface area contributed by atoms with Crippen molar-refractivity contribution in [2.75, 3.05) is 13.2 Å². The molecule has 0 saturated carbocycles. The quantitative estimate of drug-likeness (QED) is 0.0989. The third-order valence-electron chi connectivity index (χ3n) is 8.41. The zero-order valence-corrected chi connectivity index (χ0v) is 27.5. The second kappa shape index (κ2) is 16.6. The van der Waals surface area contributed by atoms with E-state index in [1.807, 2.05) is 60.7 Å². The Balaban J connectivity index is 1.19. The number of carbonyl (C=O) groups excluding carboxylic acids is 2. The minimum Gasteiger partial charge on any atom is -0.477 e. The number of ether oxygens (including phenoxy) is 2. The van der Waals surface area contributed by atoms with Gasteiger partial charge in [-0.15, -0.1) is 5.10 Å². The topological polar surface area (TPSA) is 205 Å². The molecule has 6 atom stereocenters. The fraction of sp³-hybridized carbons (Fsp3) is 0.361. The average molecular weight is 688 g/mol. The van der Waals surface area contributed by atoms with Gasteiger partial charge in [0.25, 0.3) is 5.79 Å². The first-order chi connectivity index (χ1) is 24.0. The van der Waals surface area contributed by atoms with Gasteiger partial charge in [-0.25, -0.2) is 4.79 Å². The third-order valence-corrected chi connectivity index (χ3v) is 8.41. The van der Waals surface area contributed by atoms with Crippen molar-refractivity contribution in [3.8, 4) is 22.4 Å². The SMILES string of the molecule is CC(=O)N[C@H]1[C@H]([C@H](O)[C@H](O)CNC(=O)Cc2ccccc2)O[C@@](OCCCn2cc(-c3ccc(-c4ccccc4)cc3)nn2)(C(=O)O)C[C@@H]1O. The van der Waals surface area contributed by atoms with E-state index in [1.165, 1.54) is 6.92 Å². The number of hydrogen-bond donors (Lipinski definition) is 6. The van der Waals surface area contributed by atoms with Crippen LogP contribution in [0.2, 0.25) is 0 Å². The molecular formula is C36H41N5O9. The smallest absolute Gasteiger partial charge is 0.364 e. The molecule has 2 heterocycles. The van der Waals surface area contributed by atoms with E-state index in [1.54, 1.807) is 35.1 Å². The van der Waals surface area contributed by atoms with Crippen molar-refractivity contribution in [3.63, 3.8) is 0 Å². The van der Waals surface area contributed by atoms with Gasteiger partial charge in [0.1, 0.15) is 17.9 Å². The lowest BCUT2D eigenvalue weighted by atomic mass is 9.88. The van der Waals surface area contributed by atoms with Gasteiger partial charge in [-0.2, -0.15) is 0 Å². The minimum atomic E-state index is -2.41. The van der Waals surface area contributed by atoms with Gasteiger partial charge in [-0.3, -0.25) is 14.3 Å². The number of aliphatic hydroxyl groups excluding tert-OH is 3. The van der Waals surface area contributed by atoms with Crippen molar-refractivity contribution in [2.24, 2.45) is 0 Å². The van der Waals surface area contributed by atoms with Crippen molar-refractivity contribution < 1.29 is 44.3 Å². The molecule has 0 spiro atoms. The first-order valence-corrected chi connectivity index (χ1v) is 16.3. The zero-order chi connectivity index (χ0) is 35.7. The van der Waals surface area contributed by atoms with Gasteiger partial charge in [0.05, 0.1) is 37.5 Å². The van der Waals surface area contributed by atoms with Crippen LogP contribution in [0.4, 0.5) is 0 Å². The van der Waals surface area contributed by atoms with Crippen LogP contribution in [0.5, 0.6) is 0 Å². The molecule has 0 aliphatic carbocycles. The van der Waals surface area contributed by atoms with Crippen molar-refractivity contribution in [1.82, 2.24) is 25.6 Å². The Bertz CT molecular complexity index is 1720. The Hall–Kier alpha value is -4.99. The molecule has 0 unspecified atom stereocenters. The maximum Gasteiger partial charge on any atom is 0.364 e. The molecule has 2 amide bonds. The molecule has 0 bridgehead atoms. The van der Waals surface area contributed by atoms with E-state index in [9.17, 15) is 34.8 Å². The number of carboxylic acid groups (broad SMARTS) is 1.